The van der Waals surface area contributed by atoms with Crippen LogP contribution in [0.4, 0.5) is 0 Å². The molecule has 0 spiro atoms. The molecule has 0 aliphatic carbocycles. The first kappa shape index (κ1) is 14.5. The van der Waals surface area contributed by atoms with Crippen LogP contribution >= 0.6 is 27.5 Å². The van der Waals surface area contributed by atoms with Gasteiger partial charge in [-0.25, -0.2) is 0 Å². The number of Topliss-reactive ketones (excluding diaryl/α,β-unsaturated/α-hetero) is 1. The van der Waals surface area contributed by atoms with E-state index in [9.17, 15) is 4.79 Å². The molecule has 0 N–H and O–H groups in total. The van der Waals surface area contributed by atoms with Gasteiger partial charge in [0.25, 0.3) is 0 Å². The lowest BCUT2D eigenvalue weighted by molar-refractivity contribution is 0.101. The van der Waals surface area contributed by atoms with Crippen LogP contribution in [0.1, 0.15) is 36.7 Å². The molecule has 0 aromatic heterocycles. The van der Waals surface area contributed by atoms with Crippen LogP contribution in [0, 0.1) is 0 Å². The van der Waals surface area contributed by atoms with Crippen LogP contribution in [0.3, 0.4) is 0 Å². The first-order chi connectivity index (χ1) is 7.77. The molecule has 0 radical (unpaired) electrons. The lowest BCUT2D eigenvalue weighted by Crippen LogP contribution is -2.15. The van der Waals surface area contributed by atoms with E-state index >= 15 is 0 Å². The van der Waals surface area contributed by atoms with E-state index in [1.807, 2.05) is 6.07 Å². The summed E-state index contributed by atoms with van der Waals surface area (Å²) in [5.74, 6) is 0.648. The molecule has 94 valence electrons. The molecule has 4 heteroatoms. The van der Waals surface area contributed by atoms with Crippen LogP contribution in [-0.2, 0) is 5.41 Å². The Morgan fingerprint density at radius 3 is 2.41 bits per heavy atom. The number of rotatable bonds is 3. The molecule has 1 aromatic carbocycles. The maximum absolute atomic E-state index is 11.8. The van der Waals surface area contributed by atoms with E-state index in [1.54, 1.807) is 19.2 Å². The maximum Gasteiger partial charge on any atom is 0.191 e. The molecule has 2 nitrogen and oxygen atoms in total. The zero-order chi connectivity index (χ0) is 13.2. The quantitative estimate of drug-likeness (QED) is 0.618. The second-order valence-corrected chi connectivity index (χ2v) is 6.71. The number of carbonyl (C=O) groups is 1. The Bertz CT molecular complexity index is 422. The molecule has 17 heavy (non-hydrogen) atoms. The second-order valence-electron chi connectivity index (χ2n) is 4.83. The fourth-order valence-electron chi connectivity index (χ4n) is 1.57. The Kier molecular flexibility index (Phi) is 4.62. The third-order valence-electron chi connectivity index (χ3n) is 2.49. The molecule has 0 aliphatic rings. The predicted molar refractivity (Wildman–Crippen MR) is 74.6 cm³/mol. The summed E-state index contributed by atoms with van der Waals surface area (Å²) in [5.41, 5.74) is 1.50. The van der Waals surface area contributed by atoms with Crippen LogP contribution in [0.2, 0.25) is 0 Å². The molecule has 0 bridgehead atoms. The Labute approximate surface area is 115 Å². The molecule has 1 atom stereocenters. The Morgan fingerprint density at radius 2 is 2.00 bits per heavy atom. The molecular weight excluding hydrogens is 303 g/mol. The van der Waals surface area contributed by atoms with Gasteiger partial charge in [-0.2, -0.15) is 0 Å². The van der Waals surface area contributed by atoms with Crippen molar-refractivity contribution >= 4 is 33.3 Å². The first-order valence-corrected chi connectivity index (χ1v) is 6.63. The molecule has 0 amide bonds. The number of ether oxygens (including phenoxy) is 1. The number of carbonyl (C=O) groups excluding carboxylic acids is 1. The van der Waals surface area contributed by atoms with Gasteiger partial charge in [-0.3, -0.25) is 4.79 Å². The molecule has 1 rings (SSSR count). The summed E-state index contributed by atoms with van der Waals surface area (Å²) in [6.45, 7) is 6.22. The van der Waals surface area contributed by atoms with Gasteiger partial charge in [-0.05, 0) is 23.6 Å². The van der Waals surface area contributed by atoms with E-state index in [0.29, 0.717) is 5.56 Å². The molecule has 0 heterocycles. The summed E-state index contributed by atoms with van der Waals surface area (Å²) in [7, 11) is 1.63. The minimum Gasteiger partial charge on any atom is -0.496 e. The summed E-state index contributed by atoms with van der Waals surface area (Å²) >= 11 is 8.81. The SMILES string of the molecule is COc1ccc(C(=O)C(Cl)Br)cc1C(C)(C)C. The van der Waals surface area contributed by atoms with Crippen molar-refractivity contribution in [1.29, 1.82) is 0 Å². The van der Waals surface area contributed by atoms with Crippen molar-refractivity contribution in [3.05, 3.63) is 29.3 Å². The second kappa shape index (κ2) is 5.40. The number of alkyl halides is 2. The third-order valence-corrected chi connectivity index (χ3v) is 3.10. The molecule has 1 aromatic rings. The first-order valence-electron chi connectivity index (χ1n) is 5.28. The molecule has 0 aliphatic heterocycles. The van der Waals surface area contributed by atoms with Gasteiger partial charge in [0.15, 0.2) is 10.1 Å². The third kappa shape index (κ3) is 3.46. The lowest BCUT2D eigenvalue weighted by atomic mass is 9.85. The summed E-state index contributed by atoms with van der Waals surface area (Å²) < 4.78 is 4.62. The highest BCUT2D eigenvalue weighted by Gasteiger charge is 2.22. The molecule has 0 fully saturated rings. The number of hydrogen-bond acceptors (Lipinski definition) is 2. The highest BCUT2D eigenvalue weighted by Crippen LogP contribution is 2.32. The van der Waals surface area contributed by atoms with Crippen molar-refractivity contribution in [2.45, 2.75) is 30.5 Å². The monoisotopic (exact) mass is 318 g/mol. The highest BCUT2D eigenvalue weighted by molar-refractivity contribution is 9.10. The normalized spacial score (nSPS) is 13.3. The zero-order valence-electron chi connectivity index (χ0n) is 10.4. The van der Waals surface area contributed by atoms with Crippen molar-refractivity contribution in [2.75, 3.05) is 7.11 Å². The van der Waals surface area contributed by atoms with E-state index in [-0.39, 0.29) is 11.2 Å². The van der Waals surface area contributed by atoms with Crippen molar-refractivity contribution in [1.82, 2.24) is 0 Å². The molecule has 0 saturated carbocycles. The van der Waals surface area contributed by atoms with E-state index < -0.39 is 4.29 Å². The average molecular weight is 320 g/mol. The minimum atomic E-state index is -0.691. The van der Waals surface area contributed by atoms with Crippen LogP contribution in [0.25, 0.3) is 0 Å². The number of halogens is 2. The summed E-state index contributed by atoms with van der Waals surface area (Å²) in [4.78, 5) is 11.8. The molecule has 0 saturated heterocycles. The van der Waals surface area contributed by atoms with Crippen LogP contribution in [0.5, 0.6) is 5.75 Å². The van der Waals surface area contributed by atoms with E-state index in [2.05, 4.69) is 36.7 Å². The van der Waals surface area contributed by atoms with E-state index in [0.717, 1.165) is 11.3 Å². The van der Waals surface area contributed by atoms with Gasteiger partial charge >= 0.3 is 0 Å². The van der Waals surface area contributed by atoms with E-state index in [4.69, 9.17) is 16.3 Å². The minimum absolute atomic E-state index is 0.0875. The van der Waals surface area contributed by atoms with Crippen molar-refractivity contribution < 1.29 is 9.53 Å². The lowest BCUT2D eigenvalue weighted by Gasteiger charge is -2.22. The van der Waals surface area contributed by atoms with Gasteiger partial charge in [0, 0.05) is 11.1 Å². The van der Waals surface area contributed by atoms with Gasteiger partial charge in [0.2, 0.25) is 0 Å². The van der Waals surface area contributed by atoms with Gasteiger partial charge < -0.3 is 4.74 Å². The molecular formula is C13H16BrClO2. The number of methoxy groups -OCH3 is 1. The van der Waals surface area contributed by atoms with Crippen molar-refractivity contribution in [2.24, 2.45) is 0 Å². The smallest absolute Gasteiger partial charge is 0.191 e. The van der Waals surface area contributed by atoms with Crippen molar-refractivity contribution in [3.63, 3.8) is 0 Å². The topological polar surface area (TPSA) is 26.3 Å². The average Bonchev–Trinajstić information content (AvgIpc) is 2.25. The maximum atomic E-state index is 11.8. The van der Waals surface area contributed by atoms with Gasteiger partial charge in [-0.15, -0.1) is 11.6 Å². The Balaban J connectivity index is 3.28. The Morgan fingerprint density at radius 1 is 1.41 bits per heavy atom. The Hall–Kier alpha value is -0.540. The summed E-state index contributed by atoms with van der Waals surface area (Å²) in [6, 6.07) is 5.38. The van der Waals surface area contributed by atoms with Crippen LogP contribution in [-0.4, -0.2) is 17.2 Å². The summed E-state index contributed by atoms with van der Waals surface area (Å²) in [5, 5.41) is 0. The van der Waals surface area contributed by atoms with Gasteiger partial charge in [-0.1, -0.05) is 36.7 Å². The van der Waals surface area contributed by atoms with Crippen molar-refractivity contribution in [3.8, 4) is 5.75 Å². The number of hydrogen-bond donors (Lipinski definition) is 0. The molecule has 1 unspecified atom stereocenters. The fourth-order valence-corrected chi connectivity index (χ4v) is 1.96. The largest absolute Gasteiger partial charge is 0.496 e. The van der Waals surface area contributed by atoms with Gasteiger partial charge in [0.05, 0.1) is 7.11 Å². The summed E-state index contributed by atoms with van der Waals surface area (Å²) in [6.07, 6.45) is 0. The number of benzene rings is 1. The van der Waals surface area contributed by atoms with E-state index in [1.165, 1.54) is 0 Å². The van der Waals surface area contributed by atoms with Crippen LogP contribution in [0.15, 0.2) is 18.2 Å². The predicted octanol–water partition coefficient (Wildman–Crippen LogP) is 4.14. The standard InChI is InChI=1S/C13H16BrClO2/c1-13(2,3)9-7-8(11(16)12(14)15)5-6-10(9)17-4/h5-7,12H,1-4H3. The van der Waals surface area contributed by atoms with Gasteiger partial charge in [0.1, 0.15) is 5.75 Å². The fraction of sp³-hybridized carbons (Fsp3) is 0.462. The van der Waals surface area contributed by atoms with Crippen LogP contribution < -0.4 is 4.74 Å². The zero-order valence-corrected chi connectivity index (χ0v) is 12.7. The highest BCUT2D eigenvalue weighted by atomic mass is 79.9. The number of ketones is 1.